The van der Waals surface area contributed by atoms with Crippen LogP contribution >= 0.6 is 0 Å². The Hall–Kier alpha value is -0.683. The van der Waals surface area contributed by atoms with Crippen LogP contribution in [-0.4, -0.2) is 32.7 Å². The molecule has 0 saturated carbocycles. The van der Waals surface area contributed by atoms with Crippen LogP contribution in [0.3, 0.4) is 0 Å². The summed E-state index contributed by atoms with van der Waals surface area (Å²) in [4.78, 5) is 22.6. The molecule has 1 rings (SSSR count). The summed E-state index contributed by atoms with van der Waals surface area (Å²) >= 11 is 0. The summed E-state index contributed by atoms with van der Waals surface area (Å²) in [7, 11) is -1.89. The Morgan fingerprint density at radius 2 is 1.84 bits per heavy atom. The highest BCUT2D eigenvalue weighted by Gasteiger charge is 2.48. The minimum atomic E-state index is -1.89. The topological polar surface area (TPSA) is 55.4 Å². The molecule has 0 bridgehead atoms. The van der Waals surface area contributed by atoms with Gasteiger partial charge in [-0.25, -0.2) is 0 Å². The maximum absolute atomic E-state index is 11.7. The number of nitrogens with one attached hydrogen (secondary N) is 1. The molecule has 5 heteroatoms. The van der Waals surface area contributed by atoms with Crippen LogP contribution in [0.5, 0.6) is 0 Å². The van der Waals surface area contributed by atoms with Gasteiger partial charge in [0.2, 0.25) is 5.91 Å². The Bertz CT molecular complexity index is 362. The lowest BCUT2D eigenvalue weighted by atomic mass is 9.79. The van der Waals surface area contributed by atoms with Gasteiger partial charge in [-0.1, -0.05) is 27.7 Å². The highest BCUT2D eigenvalue weighted by atomic mass is 28.4. The Kier molecular flexibility index (Phi) is 4.62. The van der Waals surface area contributed by atoms with E-state index in [9.17, 15) is 9.59 Å². The molecule has 0 aromatic rings. The number of β-lactam (4-membered cyclic amide) rings is 1. The molecule has 1 heterocycles. The Balaban J connectivity index is 2.75. The highest BCUT2D eigenvalue weighted by molar-refractivity contribution is 6.74. The number of amides is 1. The second-order valence-electron chi connectivity index (χ2n) is 7.14. The molecule has 110 valence electrons. The zero-order valence-corrected chi connectivity index (χ0v) is 14.1. The van der Waals surface area contributed by atoms with E-state index in [2.05, 4.69) is 39.2 Å². The maximum atomic E-state index is 11.7. The summed E-state index contributed by atoms with van der Waals surface area (Å²) in [6, 6.07) is -0.0789. The lowest BCUT2D eigenvalue weighted by Crippen LogP contribution is -2.66. The summed E-state index contributed by atoms with van der Waals surface area (Å²) in [6.07, 6.45) is 0.762. The summed E-state index contributed by atoms with van der Waals surface area (Å²) < 4.78 is 6.26. The number of rotatable bonds is 5. The van der Waals surface area contributed by atoms with Crippen molar-refractivity contribution in [3.8, 4) is 0 Å². The van der Waals surface area contributed by atoms with Crippen molar-refractivity contribution in [2.75, 3.05) is 0 Å². The minimum Gasteiger partial charge on any atom is -0.413 e. The van der Waals surface area contributed by atoms with Gasteiger partial charge in [-0.2, -0.15) is 0 Å². The molecular weight excluding hydrogens is 258 g/mol. The van der Waals surface area contributed by atoms with Gasteiger partial charge in [0.05, 0.1) is 18.1 Å². The number of hydrogen-bond donors (Lipinski definition) is 1. The average Bonchev–Trinajstić information content (AvgIpc) is 2.22. The number of carbonyl (C=O) groups excluding carboxylic acids is 2. The Morgan fingerprint density at radius 3 is 2.21 bits per heavy atom. The van der Waals surface area contributed by atoms with Crippen LogP contribution in [0.4, 0.5) is 0 Å². The largest absolute Gasteiger partial charge is 0.413 e. The number of hydrogen-bond acceptors (Lipinski definition) is 3. The molecule has 1 amide bonds. The van der Waals surface area contributed by atoms with E-state index < -0.39 is 8.32 Å². The van der Waals surface area contributed by atoms with E-state index in [1.807, 2.05) is 13.8 Å². The third-order valence-corrected chi connectivity index (χ3v) is 9.15. The van der Waals surface area contributed by atoms with Gasteiger partial charge >= 0.3 is 0 Å². The molecule has 0 aliphatic carbocycles. The van der Waals surface area contributed by atoms with Crippen LogP contribution in [-0.2, 0) is 14.0 Å². The molecule has 0 aromatic carbocycles. The molecule has 0 unspecified atom stereocenters. The van der Waals surface area contributed by atoms with Crippen molar-refractivity contribution in [1.29, 1.82) is 0 Å². The number of aldehydes is 1. The summed E-state index contributed by atoms with van der Waals surface area (Å²) in [6.45, 7) is 14.7. The van der Waals surface area contributed by atoms with E-state index >= 15 is 0 Å². The maximum Gasteiger partial charge on any atom is 0.228 e. The van der Waals surface area contributed by atoms with Crippen molar-refractivity contribution in [3.05, 3.63) is 0 Å². The smallest absolute Gasteiger partial charge is 0.228 e. The lowest BCUT2D eigenvalue weighted by molar-refractivity contribution is -0.142. The predicted molar refractivity (Wildman–Crippen MR) is 78.4 cm³/mol. The van der Waals surface area contributed by atoms with Gasteiger partial charge in [0.25, 0.3) is 0 Å². The summed E-state index contributed by atoms with van der Waals surface area (Å²) in [5.41, 5.74) is 0. The SMILES string of the molecule is C[C@H](C=O)[C@H]1NC(=O)[C@@H]1[C@@H](C)O[Si](C)(C)C(C)(C)C. The summed E-state index contributed by atoms with van der Waals surface area (Å²) in [5.74, 6) is -0.354. The second kappa shape index (κ2) is 5.36. The third kappa shape index (κ3) is 3.26. The van der Waals surface area contributed by atoms with Crippen LogP contribution in [0.15, 0.2) is 0 Å². The fraction of sp³-hybridized carbons (Fsp3) is 0.857. The molecule has 1 fully saturated rings. The van der Waals surface area contributed by atoms with Gasteiger partial charge in [0, 0.05) is 5.92 Å². The van der Waals surface area contributed by atoms with Crippen LogP contribution in [0, 0.1) is 11.8 Å². The van der Waals surface area contributed by atoms with Crippen LogP contribution < -0.4 is 5.32 Å². The van der Waals surface area contributed by atoms with E-state index in [1.165, 1.54) is 0 Å². The first-order valence-electron chi connectivity index (χ1n) is 6.95. The minimum absolute atomic E-state index is 0.00455. The molecule has 19 heavy (non-hydrogen) atoms. The zero-order chi connectivity index (χ0) is 15.0. The van der Waals surface area contributed by atoms with Crippen molar-refractivity contribution in [1.82, 2.24) is 5.32 Å². The molecule has 1 saturated heterocycles. The average molecular weight is 285 g/mol. The zero-order valence-electron chi connectivity index (χ0n) is 13.1. The molecule has 1 aliphatic rings. The first kappa shape index (κ1) is 16.4. The van der Waals surface area contributed by atoms with Crippen LogP contribution in [0.25, 0.3) is 0 Å². The molecule has 4 nitrogen and oxygen atoms in total. The van der Waals surface area contributed by atoms with Crippen LogP contribution in [0.1, 0.15) is 34.6 Å². The molecule has 0 aromatic heterocycles. The fourth-order valence-corrected chi connectivity index (χ4v) is 3.61. The lowest BCUT2D eigenvalue weighted by Gasteiger charge is -2.46. The van der Waals surface area contributed by atoms with Gasteiger partial charge < -0.3 is 14.5 Å². The highest BCUT2D eigenvalue weighted by Crippen LogP contribution is 2.39. The van der Waals surface area contributed by atoms with Crippen molar-refractivity contribution in [2.24, 2.45) is 11.8 Å². The van der Waals surface area contributed by atoms with Gasteiger partial charge in [-0.05, 0) is 25.1 Å². The monoisotopic (exact) mass is 285 g/mol. The molecular formula is C14H27NO3Si. The first-order chi connectivity index (χ1) is 8.51. The second-order valence-corrected chi connectivity index (χ2v) is 11.9. The van der Waals surface area contributed by atoms with E-state index in [-0.39, 0.29) is 34.9 Å². The molecule has 4 atom stereocenters. The van der Waals surface area contributed by atoms with E-state index in [1.54, 1.807) is 0 Å². The van der Waals surface area contributed by atoms with Gasteiger partial charge in [-0.3, -0.25) is 4.79 Å². The first-order valence-corrected chi connectivity index (χ1v) is 9.85. The van der Waals surface area contributed by atoms with Gasteiger partial charge in [0.1, 0.15) is 6.29 Å². The van der Waals surface area contributed by atoms with Gasteiger partial charge in [0.15, 0.2) is 8.32 Å². The predicted octanol–water partition coefficient (Wildman–Crippen LogP) is 2.35. The number of carbonyl (C=O) groups is 2. The van der Waals surface area contributed by atoms with Gasteiger partial charge in [-0.15, -0.1) is 0 Å². The van der Waals surface area contributed by atoms with Crippen LogP contribution in [0.2, 0.25) is 18.1 Å². The molecule has 0 radical (unpaired) electrons. The quantitative estimate of drug-likeness (QED) is 0.479. The van der Waals surface area contributed by atoms with Crippen molar-refractivity contribution >= 4 is 20.5 Å². The Labute approximate surface area is 117 Å². The van der Waals surface area contributed by atoms with E-state index in [0.717, 1.165) is 6.29 Å². The summed E-state index contributed by atoms with van der Waals surface area (Å²) in [5, 5.41) is 2.93. The van der Waals surface area contributed by atoms with Crippen molar-refractivity contribution in [3.63, 3.8) is 0 Å². The van der Waals surface area contributed by atoms with E-state index in [0.29, 0.717) is 0 Å². The van der Waals surface area contributed by atoms with Crippen molar-refractivity contribution in [2.45, 2.75) is 64.9 Å². The Morgan fingerprint density at radius 1 is 1.32 bits per heavy atom. The van der Waals surface area contributed by atoms with E-state index in [4.69, 9.17) is 4.43 Å². The third-order valence-electron chi connectivity index (χ3n) is 4.57. The standard InChI is InChI=1S/C14H27NO3Si/c1-9(8-16)12-11(13(17)15-12)10(2)18-19(6,7)14(3,4)5/h8-12H,1-7H3,(H,15,17)/t9-,10-,11-,12-/m1/s1. The molecule has 1 N–H and O–H groups in total. The fourth-order valence-electron chi connectivity index (χ4n) is 2.18. The normalized spacial score (nSPS) is 27.2. The molecule has 0 spiro atoms. The molecule has 1 aliphatic heterocycles. The van der Waals surface area contributed by atoms with Crippen molar-refractivity contribution < 1.29 is 14.0 Å².